The van der Waals surface area contributed by atoms with E-state index < -0.39 is 0 Å². The molecule has 1 aliphatic rings. The smallest absolute Gasteiger partial charge is 0.265 e. The van der Waals surface area contributed by atoms with Gasteiger partial charge in [0.1, 0.15) is 16.4 Å². The number of aryl methyl sites for hydroxylation is 2. The normalized spacial score (nSPS) is 14.4. The molecule has 31 heavy (non-hydrogen) atoms. The van der Waals surface area contributed by atoms with Crippen molar-refractivity contribution in [1.29, 1.82) is 0 Å². The van der Waals surface area contributed by atoms with Crippen LogP contribution in [0.3, 0.4) is 0 Å². The highest BCUT2D eigenvalue weighted by Crippen LogP contribution is 2.30. The minimum absolute atomic E-state index is 0.0453. The van der Waals surface area contributed by atoms with Crippen molar-refractivity contribution < 1.29 is 18.7 Å². The molecular formula is C23H25N3O4S. The van der Waals surface area contributed by atoms with E-state index in [0.717, 1.165) is 5.76 Å². The van der Waals surface area contributed by atoms with Gasteiger partial charge in [0.2, 0.25) is 0 Å². The maximum Gasteiger partial charge on any atom is 0.265 e. The van der Waals surface area contributed by atoms with Gasteiger partial charge in [-0.3, -0.25) is 9.59 Å². The fourth-order valence-electron chi connectivity index (χ4n) is 3.71. The van der Waals surface area contributed by atoms with Gasteiger partial charge in [0.15, 0.2) is 10.8 Å². The lowest BCUT2D eigenvalue weighted by Crippen LogP contribution is -2.37. The monoisotopic (exact) mass is 439 g/mol. The largest absolute Gasteiger partial charge is 0.496 e. The Balaban J connectivity index is 1.47. The van der Waals surface area contributed by atoms with Crippen LogP contribution < -0.4 is 4.74 Å². The molecule has 0 aliphatic carbocycles. The number of ether oxygens (including phenoxy) is 1. The molecule has 0 N–H and O–H groups in total. The number of nitrogens with zero attached hydrogens (tertiary/aromatic N) is 3. The van der Waals surface area contributed by atoms with Crippen molar-refractivity contribution in [3.63, 3.8) is 0 Å². The van der Waals surface area contributed by atoms with Gasteiger partial charge in [-0.1, -0.05) is 12.1 Å². The summed E-state index contributed by atoms with van der Waals surface area (Å²) in [7, 11) is 1.56. The molecule has 0 radical (unpaired) electrons. The van der Waals surface area contributed by atoms with Crippen molar-refractivity contribution in [2.75, 3.05) is 33.3 Å². The average Bonchev–Trinajstić information content (AvgIpc) is 3.29. The minimum atomic E-state index is -0.0730. The second kappa shape index (κ2) is 8.93. The third kappa shape index (κ3) is 4.34. The zero-order chi connectivity index (χ0) is 22.0. The summed E-state index contributed by atoms with van der Waals surface area (Å²) in [6.45, 7) is 5.88. The lowest BCUT2D eigenvalue weighted by Gasteiger charge is -2.22. The Labute approximate surface area is 185 Å². The van der Waals surface area contributed by atoms with Crippen LogP contribution in [0.25, 0.3) is 10.8 Å². The molecule has 2 aromatic heterocycles. The molecule has 0 atom stereocenters. The van der Waals surface area contributed by atoms with Gasteiger partial charge < -0.3 is 19.0 Å². The Morgan fingerprint density at radius 2 is 1.71 bits per heavy atom. The summed E-state index contributed by atoms with van der Waals surface area (Å²) in [4.78, 5) is 35.0. The number of aromatic nitrogens is 1. The highest BCUT2D eigenvalue weighted by molar-refractivity contribution is 7.17. The van der Waals surface area contributed by atoms with Crippen LogP contribution in [0.4, 0.5) is 0 Å². The van der Waals surface area contributed by atoms with Gasteiger partial charge >= 0.3 is 0 Å². The predicted octanol–water partition coefficient (Wildman–Crippen LogP) is 4.02. The molecule has 8 heteroatoms. The zero-order valence-electron chi connectivity index (χ0n) is 17.9. The predicted molar refractivity (Wildman–Crippen MR) is 119 cm³/mol. The second-order valence-electron chi connectivity index (χ2n) is 7.48. The van der Waals surface area contributed by atoms with Crippen LogP contribution in [0, 0.1) is 13.8 Å². The molecule has 3 heterocycles. The Kier molecular flexibility index (Phi) is 6.08. The van der Waals surface area contributed by atoms with E-state index in [1.807, 2.05) is 43.0 Å². The van der Waals surface area contributed by atoms with Crippen LogP contribution in [0.15, 0.2) is 40.8 Å². The second-order valence-corrected chi connectivity index (χ2v) is 8.48. The summed E-state index contributed by atoms with van der Waals surface area (Å²) in [6, 6.07) is 11.0. The maximum atomic E-state index is 13.2. The van der Waals surface area contributed by atoms with E-state index >= 15 is 0 Å². The van der Waals surface area contributed by atoms with Crippen molar-refractivity contribution in [2.24, 2.45) is 0 Å². The molecule has 1 saturated heterocycles. The number of para-hydroxylation sites is 1. The first-order valence-electron chi connectivity index (χ1n) is 10.2. The van der Waals surface area contributed by atoms with Gasteiger partial charge in [-0.05, 0) is 44.5 Å². The highest BCUT2D eigenvalue weighted by atomic mass is 32.1. The number of benzene rings is 1. The van der Waals surface area contributed by atoms with E-state index in [0.29, 0.717) is 65.3 Å². The van der Waals surface area contributed by atoms with Crippen LogP contribution in [-0.2, 0) is 0 Å². The zero-order valence-corrected chi connectivity index (χ0v) is 18.7. The van der Waals surface area contributed by atoms with Crippen molar-refractivity contribution >= 4 is 23.2 Å². The third-order valence-corrected chi connectivity index (χ3v) is 6.51. The van der Waals surface area contributed by atoms with E-state index in [-0.39, 0.29) is 11.8 Å². The molecule has 1 fully saturated rings. The molecular weight excluding hydrogens is 414 g/mol. The molecule has 0 saturated carbocycles. The van der Waals surface area contributed by atoms with Crippen molar-refractivity contribution in [2.45, 2.75) is 20.3 Å². The quantitative estimate of drug-likeness (QED) is 0.614. The standard InChI is InChI=1S/C23H25N3O4S/c1-15-9-10-19(30-15)21-24-16(2)20(31-21)23(28)26-12-6-11-25(13-14-26)22(27)17-7-4-5-8-18(17)29-3/h4-5,7-10H,6,11-14H2,1-3H3. The lowest BCUT2D eigenvalue weighted by molar-refractivity contribution is 0.0718. The Bertz CT molecular complexity index is 1100. The van der Waals surface area contributed by atoms with Crippen LogP contribution >= 0.6 is 11.3 Å². The molecule has 7 nitrogen and oxygen atoms in total. The number of carbonyl (C=O) groups is 2. The van der Waals surface area contributed by atoms with E-state index in [4.69, 9.17) is 9.15 Å². The first kappa shape index (κ1) is 21.1. The molecule has 2 amide bonds. The Hall–Kier alpha value is -3.13. The summed E-state index contributed by atoms with van der Waals surface area (Å²) < 4.78 is 11.0. The van der Waals surface area contributed by atoms with Gasteiger partial charge in [-0.25, -0.2) is 4.98 Å². The van der Waals surface area contributed by atoms with E-state index in [1.165, 1.54) is 11.3 Å². The van der Waals surface area contributed by atoms with Gasteiger partial charge in [-0.2, -0.15) is 0 Å². The number of amides is 2. The molecule has 3 aromatic rings. The van der Waals surface area contributed by atoms with Crippen molar-refractivity contribution in [3.05, 3.63) is 58.3 Å². The molecule has 4 rings (SSSR count). The molecule has 0 unspecified atom stereocenters. The molecule has 162 valence electrons. The van der Waals surface area contributed by atoms with Crippen LogP contribution in [0.2, 0.25) is 0 Å². The van der Waals surface area contributed by atoms with Crippen LogP contribution in [-0.4, -0.2) is 59.9 Å². The first-order chi connectivity index (χ1) is 15.0. The summed E-state index contributed by atoms with van der Waals surface area (Å²) in [6.07, 6.45) is 0.717. The topological polar surface area (TPSA) is 75.9 Å². The van der Waals surface area contributed by atoms with Crippen molar-refractivity contribution in [3.8, 4) is 16.5 Å². The Morgan fingerprint density at radius 1 is 1.00 bits per heavy atom. The maximum absolute atomic E-state index is 13.2. The van der Waals surface area contributed by atoms with Gasteiger partial charge in [0.25, 0.3) is 11.8 Å². The fraction of sp³-hybridized carbons (Fsp3) is 0.348. The van der Waals surface area contributed by atoms with E-state index in [9.17, 15) is 9.59 Å². The average molecular weight is 440 g/mol. The SMILES string of the molecule is COc1ccccc1C(=O)N1CCCN(C(=O)c2sc(-c3ccc(C)o3)nc2C)CC1. The number of rotatable bonds is 4. The first-order valence-corrected chi connectivity index (χ1v) is 11.1. The fourth-order valence-corrected chi connectivity index (χ4v) is 4.70. The molecule has 1 aromatic carbocycles. The molecule has 1 aliphatic heterocycles. The van der Waals surface area contributed by atoms with E-state index in [1.54, 1.807) is 24.1 Å². The van der Waals surface area contributed by atoms with Gasteiger partial charge in [0.05, 0.1) is 18.4 Å². The highest BCUT2D eigenvalue weighted by Gasteiger charge is 2.27. The number of hydrogen-bond acceptors (Lipinski definition) is 6. The third-order valence-electron chi connectivity index (χ3n) is 5.35. The number of hydrogen-bond donors (Lipinski definition) is 0. The number of thiazole rings is 1. The van der Waals surface area contributed by atoms with Crippen molar-refractivity contribution in [1.82, 2.24) is 14.8 Å². The molecule has 0 bridgehead atoms. The number of carbonyl (C=O) groups excluding carboxylic acids is 2. The Morgan fingerprint density at radius 3 is 2.39 bits per heavy atom. The summed E-state index contributed by atoms with van der Waals surface area (Å²) >= 11 is 1.35. The van der Waals surface area contributed by atoms with Gasteiger partial charge in [0, 0.05) is 26.2 Å². The molecule has 0 spiro atoms. The number of furan rings is 1. The summed E-state index contributed by atoms with van der Waals surface area (Å²) in [5.74, 6) is 1.93. The van der Waals surface area contributed by atoms with Crippen LogP contribution in [0.1, 0.15) is 37.9 Å². The lowest BCUT2D eigenvalue weighted by atomic mass is 10.1. The summed E-state index contributed by atoms with van der Waals surface area (Å²) in [5.41, 5.74) is 1.24. The van der Waals surface area contributed by atoms with E-state index in [2.05, 4.69) is 4.98 Å². The summed E-state index contributed by atoms with van der Waals surface area (Å²) in [5, 5.41) is 0.705. The van der Waals surface area contributed by atoms with Gasteiger partial charge in [-0.15, -0.1) is 11.3 Å². The minimum Gasteiger partial charge on any atom is -0.496 e. The van der Waals surface area contributed by atoms with Crippen LogP contribution in [0.5, 0.6) is 5.75 Å². The number of methoxy groups -OCH3 is 1.